The molecule has 1 aliphatic heterocycles. The zero-order valence-corrected chi connectivity index (χ0v) is 15.0. The number of likely N-dealkylation sites (tertiary alicyclic amines) is 1. The van der Waals surface area contributed by atoms with Gasteiger partial charge in [-0.2, -0.15) is 4.39 Å². The molecule has 2 heterocycles. The maximum absolute atomic E-state index is 14.3. The topological polar surface area (TPSA) is 28.2 Å². The fourth-order valence-electron chi connectivity index (χ4n) is 3.51. The van der Waals surface area contributed by atoms with Crippen molar-refractivity contribution in [2.75, 3.05) is 13.6 Å². The molecule has 1 N–H and O–H groups in total. The van der Waals surface area contributed by atoms with Gasteiger partial charge in [-0.3, -0.25) is 4.90 Å². The van der Waals surface area contributed by atoms with Gasteiger partial charge in [0.25, 0.3) is 0 Å². The number of halogens is 1. The first-order valence-corrected chi connectivity index (χ1v) is 8.96. The van der Waals surface area contributed by atoms with Crippen LogP contribution in [0.2, 0.25) is 0 Å². The predicted molar refractivity (Wildman–Crippen MR) is 99.8 cm³/mol. The number of nitrogens with one attached hydrogen (secondary N) is 1. The van der Waals surface area contributed by atoms with E-state index in [9.17, 15) is 4.39 Å². The average molecular weight is 339 g/mol. The van der Waals surface area contributed by atoms with Crippen molar-refractivity contribution in [1.29, 1.82) is 0 Å². The minimum absolute atomic E-state index is 0.205. The van der Waals surface area contributed by atoms with E-state index in [0.29, 0.717) is 23.7 Å². The van der Waals surface area contributed by atoms with E-state index in [1.165, 1.54) is 6.42 Å². The Kier molecular flexibility index (Phi) is 5.49. The lowest BCUT2D eigenvalue weighted by atomic mass is 10.0. The van der Waals surface area contributed by atoms with Gasteiger partial charge in [0, 0.05) is 17.3 Å². The van der Waals surface area contributed by atoms with Crippen LogP contribution in [-0.2, 0) is 6.42 Å². The summed E-state index contributed by atoms with van der Waals surface area (Å²) in [5.41, 5.74) is 3.35. The number of rotatable bonds is 6. The minimum atomic E-state index is -0.383. The van der Waals surface area contributed by atoms with E-state index in [0.717, 1.165) is 24.2 Å². The Hall–Kier alpha value is -2.20. The van der Waals surface area contributed by atoms with Gasteiger partial charge in [-0.15, -0.1) is 0 Å². The maximum Gasteiger partial charge on any atom is 0.216 e. The number of aryl methyl sites for hydroxylation is 1. The Bertz CT molecular complexity index is 729. The number of hydrogen-bond donors (Lipinski definition) is 1. The van der Waals surface area contributed by atoms with Crippen LogP contribution in [0, 0.1) is 5.95 Å². The standard InChI is InChI=1S/C21H26FN3/c1-4-16-12-13-18(24-21(16)22)20(17-9-6-5-7-10-17)23-15(2)19-11-8-14-25(19)3/h5-7,9-10,12-13,19-20,23H,2,4,8,11,14H2,1,3H3/t19?,20-/m0/s1. The molecule has 4 heteroatoms. The summed E-state index contributed by atoms with van der Waals surface area (Å²) in [7, 11) is 2.12. The molecule has 2 atom stereocenters. The molecule has 0 amide bonds. The summed E-state index contributed by atoms with van der Waals surface area (Å²) in [6.07, 6.45) is 2.92. The molecule has 1 fully saturated rings. The van der Waals surface area contributed by atoms with Crippen LogP contribution in [0.1, 0.15) is 42.6 Å². The van der Waals surface area contributed by atoms with Gasteiger partial charge in [0.1, 0.15) is 0 Å². The molecule has 132 valence electrons. The fourth-order valence-corrected chi connectivity index (χ4v) is 3.51. The van der Waals surface area contributed by atoms with Gasteiger partial charge in [0.15, 0.2) is 0 Å². The van der Waals surface area contributed by atoms with Crippen LogP contribution in [0.5, 0.6) is 0 Å². The van der Waals surface area contributed by atoms with Crippen LogP contribution < -0.4 is 5.32 Å². The van der Waals surface area contributed by atoms with Crippen molar-refractivity contribution < 1.29 is 4.39 Å². The highest BCUT2D eigenvalue weighted by Gasteiger charge is 2.26. The first-order valence-electron chi connectivity index (χ1n) is 8.96. The van der Waals surface area contributed by atoms with Crippen LogP contribution in [0.3, 0.4) is 0 Å². The molecule has 0 spiro atoms. The van der Waals surface area contributed by atoms with E-state index in [1.807, 2.05) is 49.4 Å². The maximum atomic E-state index is 14.3. The van der Waals surface area contributed by atoms with Crippen molar-refractivity contribution in [3.05, 3.63) is 77.5 Å². The quantitative estimate of drug-likeness (QED) is 0.804. The smallest absolute Gasteiger partial charge is 0.216 e. The van der Waals surface area contributed by atoms with Gasteiger partial charge in [0.2, 0.25) is 5.95 Å². The van der Waals surface area contributed by atoms with E-state index in [2.05, 4.69) is 28.8 Å². The number of benzene rings is 1. The first-order chi connectivity index (χ1) is 12.1. The molecule has 25 heavy (non-hydrogen) atoms. The van der Waals surface area contributed by atoms with Gasteiger partial charge in [0.05, 0.1) is 11.7 Å². The Morgan fingerprint density at radius 3 is 2.68 bits per heavy atom. The van der Waals surface area contributed by atoms with E-state index in [-0.39, 0.29) is 12.0 Å². The molecule has 1 aromatic heterocycles. The third-order valence-corrected chi connectivity index (χ3v) is 5.01. The van der Waals surface area contributed by atoms with Gasteiger partial charge in [-0.1, -0.05) is 49.9 Å². The van der Waals surface area contributed by atoms with E-state index < -0.39 is 0 Å². The first kappa shape index (κ1) is 17.6. The Morgan fingerprint density at radius 2 is 2.08 bits per heavy atom. The molecule has 2 aromatic rings. The van der Waals surface area contributed by atoms with Crippen molar-refractivity contribution >= 4 is 0 Å². The number of pyridine rings is 1. The summed E-state index contributed by atoms with van der Waals surface area (Å²) >= 11 is 0. The third kappa shape index (κ3) is 3.90. The lowest BCUT2D eigenvalue weighted by Crippen LogP contribution is -2.35. The van der Waals surface area contributed by atoms with Gasteiger partial charge >= 0.3 is 0 Å². The van der Waals surface area contributed by atoms with Crippen LogP contribution in [0.15, 0.2) is 54.7 Å². The zero-order chi connectivity index (χ0) is 17.8. The predicted octanol–water partition coefficient (Wildman–Crippen LogP) is 4.07. The Balaban J connectivity index is 1.90. The fraction of sp³-hybridized carbons (Fsp3) is 0.381. The van der Waals surface area contributed by atoms with Gasteiger partial charge in [-0.05, 0) is 44.5 Å². The molecule has 0 aliphatic carbocycles. The van der Waals surface area contributed by atoms with E-state index >= 15 is 0 Å². The van der Waals surface area contributed by atoms with Crippen LogP contribution in [0.25, 0.3) is 0 Å². The SMILES string of the molecule is C=C(N[C@@H](c1ccccc1)c1ccc(CC)c(F)n1)C1CCCN1C. The van der Waals surface area contributed by atoms with Crippen LogP contribution in [-0.4, -0.2) is 29.5 Å². The molecule has 1 saturated heterocycles. The van der Waals surface area contributed by atoms with E-state index in [4.69, 9.17) is 0 Å². The number of hydrogen-bond acceptors (Lipinski definition) is 3. The summed E-state index contributed by atoms with van der Waals surface area (Å²) in [5.74, 6) is -0.383. The molecule has 0 radical (unpaired) electrons. The second-order valence-electron chi connectivity index (χ2n) is 6.69. The van der Waals surface area contributed by atoms with Crippen molar-refractivity contribution in [3.8, 4) is 0 Å². The van der Waals surface area contributed by atoms with Crippen molar-refractivity contribution in [1.82, 2.24) is 15.2 Å². The minimum Gasteiger partial charge on any atom is -0.375 e. The molecule has 1 aromatic carbocycles. The van der Waals surface area contributed by atoms with Crippen molar-refractivity contribution in [2.45, 2.75) is 38.3 Å². The largest absolute Gasteiger partial charge is 0.375 e. The van der Waals surface area contributed by atoms with Crippen LogP contribution in [0.4, 0.5) is 4.39 Å². The normalized spacial score (nSPS) is 18.9. The molecule has 0 bridgehead atoms. The number of likely N-dealkylation sites (N-methyl/N-ethyl adjacent to an activating group) is 1. The Labute approximate surface area is 149 Å². The summed E-state index contributed by atoms with van der Waals surface area (Å²) in [4.78, 5) is 6.55. The molecular weight excluding hydrogens is 313 g/mol. The zero-order valence-electron chi connectivity index (χ0n) is 15.0. The highest BCUT2D eigenvalue weighted by Crippen LogP contribution is 2.26. The summed E-state index contributed by atoms with van der Waals surface area (Å²) in [6, 6.07) is 13.9. The second kappa shape index (κ2) is 7.79. The third-order valence-electron chi connectivity index (χ3n) is 5.01. The lowest BCUT2D eigenvalue weighted by Gasteiger charge is -2.28. The van der Waals surface area contributed by atoms with Crippen molar-refractivity contribution in [3.63, 3.8) is 0 Å². The van der Waals surface area contributed by atoms with Gasteiger partial charge in [-0.25, -0.2) is 4.98 Å². The molecule has 1 aliphatic rings. The summed E-state index contributed by atoms with van der Waals surface area (Å²) in [5, 5.41) is 3.52. The summed E-state index contributed by atoms with van der Waals surface area (Å²) < 4.78 is 14.3. The molecule has 3 rings (SSSR count). The number of nitrogens with zero attached hydrogens (tertiary/aromatic N) is 2. The number of aromatic nitrogens is 1. The van der Waals surface area contributed by atoms with Crippen LogP contribution >= 0.6 is 0 Å². The summed E-state index contributed by atoms with van der Waals surface area (Å²) in [6.45, 7) is 7.28. The lowest BCUT2D eigenvalue weighted by molar-refractivity contribution is 0.330. The van der Waals surface area contributed by atoms with E-state index in [1.54, 1.807) is 0 Å². The molecule has 0 saturated carbocycles. The molecule has 1 unspecified atom stereocenters. The average Bonchev–Trinajstić information content (AvgIpc) is 3.06. The molecular formula is C21H26FN3. The highest BCUT2D eigenvalue weighted by molar-refractivity contribution is 5.31. The second-order valence-corrected chi connectivity index (χ2v) is 6.69. The van der Waals surface area contributed by atoms with Crippen molar-refractivity contribution in [2.24, 2.45) is 0 Å². The highest BCUT2D eigenvalue weighted by atomic mass is 19.1. The Morgan fingerprint density at radius 1 is 1.32 bits per heavy atom. The van der Waals surface area contributed by atoms with Gasteiger partial charge < -0.3 is 5.32 Å². The monoisotopic (exact) mass is 339 g/mol. The molecule has 3 nitrogen and oxygen atoms in total.